The van der Waals surface area contributed by atoms with E-state index in [1.165, 1.54) is 12.1 Å². The maximum absolute atomic E-state index is 13.5. The zero-order valence-electron chi connectivity index (χ0n) is 10.6. The lowest BCUT2D eigenvalue weighted by atomic mass is 10.0. The molecule has 0 heterocycles. The van der Waals surface area contributed by atoms with Gasteiger partial charge in [-0.25, -0.2) is 4.39 Å². The normalized spacial score (nSPS) is 11.9. The zero-order valence-corrected chi connectivity index (χ0v) is 10.6. The second-order valence-electron chi connectivity index (χ2n) is 4.28. The first-order chi connectivity index (χ1) is 8.95. The molecule has 0 bridgehead atoms. The van der Waals surface area contributed by atoms with Crippen LogP contribution >= 0.6 is 0 Å². The van der Waals surface area contributed by atoms with Gasteiger partial charge in [-0.1, -0.05) is 19.4 Å². The van der Waals surface area contributed by atoms with Gasteiger partial charge in [-0.05, 0) is 18.1 Å². The van der Waals surface area contributed by atoms with Gasteiger partial charge in [-0.3, -0.25) is 9.59 Å². The van der Waals surface area contributed by atoms with Crippen LogP contribution in [0.5, 0.6) is 0 Å². The minimum absolute atomic E-state index is 0.0186. The molecule has 5 nitrogen and oxygen atoms in total. The van der Waals surface area contributed by atoms with Crippen molar-refractivity contribution in [2.45, 2.75) is 19.8 Å². The van der Waals surface area contributed by atoms with Crippen LogP contribution in [0.3, 0.4) is 0 Å². The Morgan fingerprint density at radius 3 is 2.68 bits per heavy atom. The number of anilines is 1. The van der Waals surface area contributed by atoms with Crippen molar-refractivity contribution in [2.24, 2.45) is 11.7 Å². The Labute approximate surface area is 110 Å². The molecule has 4 N–H and O–H groups in total. The maximum Gasteiger partial charge on any atom is 0.303 e. The lowest BCUT2D eigenvalue weighted by Gasteiger charge is -2.16. The van der Waals surface area contributed by atoms with Crippen molar-refractivity contribution < 1.29 is 19.1 Å². The Balaban J connectivity index is 2.79. The molecule has 1 amide bonds. The minimum atomic E-state index is -0.886. The second kappa shape index (κ2) is 6.72. The zero-order chi connectivity index (χ0) is 14.4. The van der Waals surface area contributed by atoms with Gasteiger partial charge < -0.3 is 16.2 Å². The molecule has 104 valence electrons. The fourth-order valence-electron chi connectivity index (χ4n) is 1.78. The van der Waals surface area contributed by atoms with Crippen LogP contribution in [0.25, 0.3) is 0 Å². The molecule has 19 heavy (non-hydrogen) atoms. The number of primary amides is 1. The molecule has 0 saturated heterocycles. The van der Waals surface area contributed by atoms with Crippen LogP contribution < -0.4 is 11.1 Å². The Morgan fingerprint density at radius 2 is 2.16 bits per heavy atom. The van der Waals surface area contributed by atoms with Crippen LogP contribution in [0.4, 0.5) is 10.1 Å². The molecule has 0 aliphatic heterocycles. The largest absolute Gasteiger partial charge is 0.481 e. The van der Waals surface area contributed by atoms with Crippen LogP contribution in [0.2, 0.25) is 0 Å². The number of benzene rings is 1. The predicted octanol–water partition coefficient (Wildman–Crippen LogP) is 1.84. The lowest BCUT2D eigenvalue weighted by molar-refractivity contribution is -0.138. The summed E-state index contributed by atoms with van der Waals surface area (Å²) in [6.07, 6.45) is 0.686. The smallest absolute Gasteiger partial charge is 0.303 e. The predicted molar refractivity (Wildman–Crippen MR) is 69.4 cm³/mol. The number of nitrogens with two attached hydrogens (primary N) is 1. The Hall–Kier alpha value is -2.11. The van der Waals surface area contributed by atoms with E-state index in [1.807, 2.05) is 6.92 Å². The Morgan fingerprint density at radius 1 is 1.47 bits per heavy atom. The number of carbonyl (C=O) groups excluding carboxylic acids is 1. The Bertz CT molecular complexity index is 477. The third-order valence-corrected chi connectivity index (χ3v) is 2.88. The number of nitrogens with one attached hydrogen (secondary N) is 1. The van der Waals surface area contributed by atoms with Crippen molar-refractivity contribution in [3.8, 4) is 0 Å². The summed E-state index contributed by atoms with van der Waals surface area (Å²) in [7, 11) is 0. The fourth-order valence-corrected chi connectivity index (χ4v) is 1.78. The van der Waals surface area contributed by atoms with E-state index >= 15 is 0 Å². The SMILES string of the molecule is CCC(CNc1cccc(F)c1C(N)=O)CC(=O)O. The molecule has 0 spiro atoms. The number of hydrogen-bond acceptors (Lipinski definition) is 3. The van der Waals surface area contributed by atoms with Crippen molar-refractivity contribution in [3.63, 3.8) is 0 Å². The molecule has 1 unspecified atom stereocenters. The third-order valence-electron chi connectivity index (χ3n) is 2.88. The number of carbonyl (C=O) groups is 2. The van der Waals surface area contributed by atoms with E-state index < -0.39 is 17.7 Å². The van der Waals surface area contributed by atoms with Gasteiger partial charge in [0.15, 0.2) is 0 Å². The average Bonchev–Trinajstić information content (AvgIpc) is 2.33. The molecule has 1 aromatic carbocycles. The molecule has 6 heteroatoms. The molecule has 0 saturated carbocycles. The number of carboxylic acids is 1. The van der Waals surface area contributed by atoms with Gasteiger partial charge in [0, 0.05) is 18.7 Å². The van der Waals surface area contributed by atoms with E-state index in [1.54, 1.807) is 0 Å². The van der Waals surface area contributed by atoms with Crippen LogP contribution in [0, 0.1) is 11.7 Å². The quantitative estimate of drug-likeness (QED) is 0.703. The number of hydrogen-bond donors (Lipinski definition) is 3. The van der Waals surface area contributed by atoms with E-state index in [0.29, 0.717) is 13.0 Å². The van der Waals surface area contributed by atoms with Crippen molar-refractivity contribution in [1.82, 2.24) is 0 Å². The monoisotopic (exact) mass is 268 g/mol. The van der Waals surface area contributed by atoms with Crippen molar-refractivity contribution in [1.29, 1.82) is 0 Å². The summed E-state index contributed by atoms with van der Waals surface area (Å²) in [5, 5.41) is 11.6. The highest BCUT2D eigenvalue weighted by atomic mass is 19.1. The fraction of sp³-hybridized carbons (Fsp3) is 0.385. The van der Waals surface area contributed by atoms with Crippen LogP contribution in [0.15, 0.2) is 18.2 Å². The van der Waals surface area contributed by atoms with Gasteiger partial charge in [0.1, 0.15) is 5.82 Å². The van der Waals surface area contributed by atoms with E-state index in [4.69, 9.17) is 10.8 Å². The first-order valence-corrected chi connectivity index (χ1v) is 5.99. The van der Waals surface area contributed by atoms with Crippen LogP contribution in [-0.2, 0) is 4.79 Å². The molecule has 1 atom stereocenters. The number of aliphatic carboxylic acids is 1. The molecule has 0 radical (unpaired) electrons. The maximum atomic E-state index is 13.5. The van der Waals surface area contributed by atoms with Gasteiger partial charge in [-0.15, -0.1) is 0 Å². The second-order valence-corrected chi connectivity index (χ2v) is 4.28. The summed E-state index contributed by atoms with van der Waals surface area (Å²) in [6.45, 7) is 2.21. The highest BCUT2D eigenvalue weighted by Gasteiger charge is 2.16. The Kier molecular flexibility index (Phi) is 5.29. The first-order valence-electron chi connectivity index (χ1n) is 5.99. The summed E-state index contributed by atoms with van der Waals surface area (Å²) in [5.41, 5.74) is 5.21. The summed E-state index contributed by atoms with van der Waals surface area (Å²) in [5.74, 6) is -2.53. The molecule has 0 aliphatic rings. The standard InChI is InChI=1S/C13H17FN2O3/c1-2-8(6-11(17)18)7-16-10-5-3-4-9(14)12(10)13(15)19/h3-5,8,16H,2,6-7H2,1H3,(H2,15,19)(H,17,18). The molecule has 1 aromatic rings. The van der Waals surface area contributed by atoms with Crippen molar-refractivity contribution >= 4 is 17.6 Å². The highest BCUT2D eigenvalue weighted by Crippen LogP contribution is 2.19. The summed E-state index contributed by atoms with van der Waals surface area (Å²) in [6, 6.07) is 4.15. The van der Waals surface area contributed by atoms with Gasteiger partial charge >= 0.3 is 5.97 Å². The summed E-state index contributed by atoms with van der Waals surface area (Å²) < 4.78 is 13.5. The minimum Gasteiger partial charge on any atom is -0.481 e. The van der Waals surface area contributed by atoms with Gasteiger partial charge in [-0.2, -0.15) is 0 Å². The van der Waals surface area contributed by atoms with Crippen molar-refractivity contribution in [2.75, 3.05) is 11.9 Å². The molecular formula is C13H17FN2O3. The van der Waals surface area contributed by atoms with Gasteiger partial charge in [0.05, 0.1) is 5.56 Å². The average molecular weight is 268 g/mol. The molecule has 0 aliphatic carbocycles. The number of rotatable bonds is 7. The summed E-state index contributed by atoms with van der Waals surface area (Å²) in [4.78, 5) is 21.8. The van der Waals surface area contributed by atoms with Gasteiger partial charge in [0.2, 0.25) is 0 Å². The van der Waals surface area contributed by atoms with E-state index in [2.05, 4.69) is 5.32 Å². The first kappa shape index (κ1) is 14.9. The highest BCUT2D eigenvalue weighted by molar-refractivity contribution is 5.98. The molecule has 0 fully saturated rings. The number of amides is 1. The topological polar surface area (TPSA) is 92.4 Å². The van der Waals surface area contributed by atoms with E-state index in [0.717, 1.165) is 6.07 Å². The number of carboxylic acid groups (broad SMARTS) is 1. The molecule has 1 rings (SSSR count). The van der Waals surface area contributed by atoms with Crippen LogP contribution in [-0.4, -0.2) is 23.5 Å². The number of halogens is 1. The van der Waals surface area contributed by atoms with E-state index in [-0.39, 0.29) is 23.6 Å². The third kappa shape index (κ3) is 4.24. The summed E-state index contributed by atoms with van der Waals surface area (Å²) >= 11 is 0. The molecular weight excluding hydrogens is 251 g/mol. The molecule has 0 aromatic heterocycles. The lowest BCUT2D eigenvalue weighted by Crippen LogP contribution is -2.21. The van der Waals surface area contributed by atoms with Gasteiger partial charge in [0.25, 0.3) is 5.91 Å². The van der Waals surface area contributed by atoms with E-state index in [9.17, 15) is 14.0 Å². The van der Waals surface area contributed by atoms with Crippen molar-refractivity contribution in [3.05, 3.63) is 29.6 Å². The van der Waals surface area contributed by atoms with Crippen LogP contribution in [0.1, 0.15) is 30.1 Å².